The zero-order valence-corrected chi connectivity index (χ0v) is 18.7. The highest BCUT2D eigenvalue weighted by atomic mass is 79.9. The first-order chi connectivity index (χ1) is 15.2. The van der Waals surface area contributed by atoms with E-state index in [9.17, 15) is 4.79 Å². The minimum atomic E-state index is -0.425. The maximum Gasteiger partial charge on any atom is 0.240 e. The molecule has 0 bridgehead atoms. The zero-order valence-electron chi connectivity index (χ0n) is 16.3. The molecule has 31 heavy (non-hydrogen) atoms. The zero-order chi connectivity index (χ0) is 21.2. The lowest BCUT2D eigenvalue weighted by Gasteiger charge is -2.33. The van der Waals surface area contributed by atoms with Crippen LogP contribution in [-0.2, 0) is 4.79 Å². The fourth-order valence-corrected chi connectivity index (χ4v) is 4.83. The van der Waals surface area contributed by atoms with E-state index >= 15 is 0 Å². The summed E-state index contributed by atoms with van der Waals surface area (Å²) in [5, 5.41) is 12.0. The molecule has 0 radical (unpaired) electrons. The largest absolute Gasteiger partial charge is 0.325 e. The number of nitrogens with zero attached hydrogens (tertiary/aromatic N) is 3. The molecule has 2 heterocycles. The van der Waals surface area contributed by atoms with Crippen LogP contribution < -0.4 is 10.7 Å². The van der Waals surface area contributed by atoms with Gasteiger partial charge >= 0.3 is 0 Å². The average molecular weight is 492 g/mol. The number of hydrogen-bond acceptors (Lipinski definition) is 5. The fourth-order valence-electron chi connectivity index (χ4n) is 3.49. The molecule has 6 nitrogen and oxygen atoms in total. The minimum Gasteiger partial charge on any atom is -0.325 e. The highest BCUT2D eigenvalue weighted by Crippen LogP contribution is 2.39. The summed E-state index contributed by atoms with van der Waals surface area (Å²) in [4.78, 5) is 13.3. The number of amides is 1. The Morgan fingerprint density at radius 2 is 1.61 bits per heavy atom. The quantitative estimate of drug-likeness (QED) is 0.415. The minimum absolute atomic E-state index is 0.0933. The molecule has 0 spiro atoms. The number of hydrogen-bond donors (Lipinski definition) is 2. The van der Waals surface area contributed by atoms with Gasteiger partial charge in [-0.25, -0.2) is 4.68 Å². The van der Waals surface area contributed by atoms with Gasteiger partial charge in [-0.15, -0.1) is 10.2 Å². The van der Waals surface area contributed by atoms with Crippen LogP contribution in [0.2, 0.25) is 0 Å². The van der Waals surface area contributed by atoms with Crippen LogP contribution in [0.5, 0.6) is 0 Å². The lowest BCUT2D eigenvalue weighted by molar-refractivity contribution is -0.116. The number of anilines is 1. The molecule has 4 aromatic rings. The summed E-state index contributed by atoms with van der Waals surface area (Å²) >= 11 is 4.83. The first kappa shape index (κ1) is 19.8. The summed E-state index contributed by atoms with van der Waals surface area (Å²) in [5.41, 5.74) is 6.21. The standard InChI is InChI=1S/C23H18BrN5OS/c24-17-11-13-18(14-12-17)25-22(30)20-19(15-7-3-1-4-8-15)28-29-21(26-27-23(29)31-20)16-9-5-2-6-10-16/h1-14,19-20,28H,(H,25,30)/t19-,20-/m0/s1. The van der Waals surface area contributed by atoms with Crippen molar-refractivity contribution >= 4 is 39.3 Å². The molecule has 154 valence electrons. The van der Waals surface area contributed by atoms with Gasteiger partial charge in [-0.3, -0.25) is 4.79 Å². The lowest BCUT2D eigenvalue weighted by Crippen LogP contribution is -2.41. The van der Waals surface area contributed by atoms with Gasteiger partial charge in [0.25, 0.3) is 0 Å². The summed E-state index contributed by atoms with van der Waals surface area (Å²) in [5.74, 6) is 0.625. The van der Waals surface area contributed by atoms with Crippen LogP contribution >= 0.6 is 27.7 Å². The molecule has 0 saturated heterocycles. The SMILES string of the molecule is O=C(Nc1ccc(Br)cc1)[C@H]1Sc2nnc(-c3ccccc3)n2N[C@H]1c1ccccc1. The summed E-state index contributed by atoms with van der Waals surface area (Å²) in [6.07, 6.45) is 0. The Balaban J connectivity index is 1.50. The van der Waals surface area contributed by atoms with E-state index in [0.717, 1.165) is 27.1 Å². The van der Waals surface area contributed by atoms with E-state index in [0.29, 0.717) is 5.16 Å². The van der Waals surface area contributed by atoms with Gasteiger partial charge in [0, 0.05) is 15.7 Å². The van der Waals surface area contributed by atoms with Crippen LogP contribution in [0.1, 0.15) is 11.6 Å². The summed E-state index contributed by atoms with van der Waals surface area (Å²) < 4.78 is 2.84. The highest BCUT2D eigenvalue weighted by molar-refractivity contribution is 9.10. The first-order valence-electron chi connectivity index (χ1n) is 9.74. The molecule has 3 aromatic carbocycles. The van der Waals surface area contributed by atoms with E-state index in [4.69, 9.17) is 0 Å². The molecule has 0 fully saturated rings. The lowest BCUT2D eigenvalue weighted by atomic mass is 10.0. The summed E-state index contributed by atoms with van der Waals surface area (Å²) in [7, 11) is 0. The van der Waals surface area contributed by atoms with Gasteiger partial charge in [-0.1, -0.05) is 88.4 Å². The second kappa shape index (κ2) is 8.56. The Hall–Kier alpha value is -3.10. The van der Waals surface area contributed by atoms with Gasteiger partial charge in [0.15, 0.2) is 5.82 Å². The molecular formula is C23H18BrN5OS. The molecule has 2 N–H and O–H groups in total. The van der Waals surface area contributed by atoms with Crippen LogP contribution in [-0.4, -0.2) is 26.0 Å². The number of carbonyl (C=O) groups excluding carboxylic acids is 1. The molecule has 1 amide bonds. The van der Waals surface area contributed by atoms with Crippen molar-refractivity contribution in [2.24, 2.45) is 0 Å². The van der Waals surface area contributed by atoms with Gasteiger partial charge in [-0.2, -0.15) is 0 Å². The summed E-state index contributed by atoms with van der Waals surface area (Å²) in [6.45, 7) is 0. The normalized spacial score (nSPS) is 17.5. The van der Waals surface area contributed by atoms with Crippen molar-refractivity contribution in [3.05, 3.63) is 95.0 Å². The van der Waals surface area contributed by atoms with Crippen molar-refractivity contribution in [1.29, 1.82) is 0 Å². The number of aromatic nitrogens is 3. The van der Waals surface area contributed by atoms with Crippen LogP contribution in [0, 0.1) is 0 Å². The van der Waals surface area contributed by atoms with E-state index in [1.165, 1.54) is 11.8 Å². The van der Waals surface area contributed by atoms with Crippen LogP contribution in [0.25, 0.3) is 11.4 Å². The molecule has 1 aliphatic rings. The van der Waals surface area contributed by atoms with Gasteiger partial charge in [0.1, 0.15) is 5.25 Å². The summed E-state index contributed by atoms with van der Waals surface area (Å²) in [6, 6.07) is 27.2. The Morgan fingerprint density at radius 1 is 0.935 bits per heavy atom. The smallest absolute Gasteiger partial charge is 0.240 e. The van der Waals surface area contributed by atoms with Crippen molar-refractivity contribution in [2.75, 3.05) is 10.7 Å². The molecule has 5 rings (SSSR count). The molecule has 1 aliphatic heterocycles. The molecule has 0 aliphatic carbocycles. The number of fused-ring (bicyclic) bond motifs is 1. The van der Waals surface area contributed by atoms with Crippen LogP contribution in [0.15, 0.2) is 94.6 Å². The fraction of sp³-hybridized carbons (Fsp3) is 0.0870. The number of benzene rings is 3. The van der Waals surface area contributed by atoms with Crippen molar-refractivity contribution in [3.8, 4) is 11.4 Å². The predicted octanol–water partition coefficient (Wildman–Crippen LogP) is 5.11. The number of halogens is 1. The molecule has 0 unspecified atom stereocenters. The maximum atomic E-state index is 13.3. The molecule has 2 atom stereocenters. The van der Waals surface area contributed by atoms with Crippen LogP contribution in [0.3, 0.4) is 0 Å². The third kappa shape index (κ3) is 4.08. The van der Waals surface area contributed by atoms with Crippen LogP contribution in [0.4, 0.5) is 5.69 Å². The monoisotopic (exact) mass is 491 g/mol. The second-order valence-corrected chi connectivity index (χ2v) is 9.08. The van der Waals surface area contributed by atoms with E-state index < -0.39 is 5.25 Å². The highest BCUT2D eigenvalue weighted by Gasteiger charge is 2.38. The third-order valence-corrected chi connectivity index (χ3v) is 6.74. The molecular weight excluding hydrogens is 474 g/mol. The number of carbonyl (C=O) groups is 1. The Bertz CT molecular complexity index is 1200. The van der Waals surface area contributed by atoms with Gasteiger partial charge in [0.2, 0.25) is 11.1 Å². The third-order valence-electron chi connectivity index (χ3n) is 5.00. The topological polar surface area (TPSA) is 71.8 Å². The Morgan fingerprint density at radius 3 is 2.32 bits per heavy atom. The molecule has 8 heteroatoms. The van der Waals surface area contributed by atoms with Crippen molar-refractivity contribution in [1.82, 2.24) is 14.9 Å². The average Bonchev–Trinajstić information content (AvgIpc) is 3.24. The van der Waals surface area contributed by atoms with Gasteiger partial charge in [-0.05, 0) is 29.8 Å². The maximum absolute atomic E-state index is 13.3. The Kier molecular flexibility index (Phi) is 5.48. The second-order valence-electron chi connectivity index (χ2n) is 7.06. The van der Waals surface area contributed by atoms with E-state index in [1.807, 2.05) is 89.6 Å². The number of nitrogens with one attached hydrogen (secondary N) is 2. The van der Waals surface area contributed by atoms with Gasteiger partial charge in [0.05, 0.1) is 6.04 Å². The first-order valence-corrected chi connectivity index (χ1v) is 11.4. The predicted molar refractivity (Wildman–Crippen MR) is 126 cm³/mol. The number of thioether (sulfide) groups is 1. The van der Waals surface area contributed by atoms with Crippen molar-refractivity contribution in [3.63, 3.8) is 0 Å². The van der Waals surface area contributed by atoms with E-state index in [1.54, 1.807) is 0 Å². The Labute approximate surface area is 192 Å². The van der Waals surface area contributed by atoms with Gasteiger partial charge < -0.3 is 10.7 Å². The van der Waals surface area contributed by atoms with E-state index in [-0.39, 0.29) is 11.9 Å². The number of rotatable bonds is 4. The molecule has 0 saturated carbocycles. The van der Waals surface area contributed by atoms with Crippen molar-refractivity contribution in [2.45, 2.75) is 16.4 Å². The molecule has 1 aromatic heterocycles. The van der Waals surface area contributed by atoms with E-state index in [2.05, 4.69) is 36.9 Å². The van der Waals surface area contributed by atoms with Crippen molar-refractivity contribution < 1.29 is 4.79 Å².